The third kappa shape index (κ3) is 6.50. The average Bonchev–Trinajstić information content (AvgIpc) is 3.26. The van der Waals surface area contributed by atoms with Gasteiger partial charge in [-0.25, -0.2) is 4.98 Å². The quantitative estimate of drug-likeness (QED) is 0.496. The topological polar surface area (TPSA) is 105 Å². The number of allylic oxidation sites excluding steroid dienone is 3. The van der Waals surface area contributed by atoms with Gasteiger partial charge in [0.25, 0.3) is 0 Å². The summed E-state index contributed by atoms with van der Waals surface area (Å²) in [4.78, 5) is 31.1. The van der Waals surface area contributed by atoms with Crippen molar-refractivity contribution < 1.29 is 14.7 Å². The molecule has 0 saturated heterocycles. The molecule has 0 fully saturated rings. The van der Waals surface area contributed by atoms with Crippen LogP contribution < -0.4 is 11.1 Å². The Morgan fingerprint density at radius 1 is 1.19 bits per heavy atom. The number of ketones is 1. The highest BCUT2D eigenvalue weighted by Gasteiger charge is 2.41. The number of thiazole rings is 1. The van der Waals surface area contributed by atoms with Gasteiger partial charge in [0.15, 0.2) is 0 Å². The number of nitrogens with zero attached hydrogens (tertiary/aromatic N) is 1. The molecule has 36 heavy (non-hydrogen) atoms. The number of fused-ring (bicyclic) bond motifs is 1. The van der Waals surface area contributed by atoms with Gasteiger partial charge in [-0.2, -0.15) is 0 Å². The normalized spacial score (nSPS) is 31.0. The molecule has 1 aromatic heterocycles. The summed E-state index contributed by atoms with van der Waals surface area (Å²) in [6.07, 6.45) is 6.67. The molecule has 1 amide bonds. The lowest BCUT2D eigenvalue weighted by Gasteiger charge is -2.35. The largest absolute Gasteiger partial charge is 0.392 e. The molecule has 2 aromatic rings. The predicted molar refractivity (Wildman–Crippen MR) is 147 cm³/mol. The number of carbonyl (C=O) groups excluding carboxylic acids is 2. The van der Waals surface area contributed by atoms with E-state index in [2.05, 4.69) is 49.3 Å². The highest BCUT2D eigenvalue weighted by molar-refractivity contribution is 7.18. The Morgan fingerprint density at radius 3 is 2.61 bits per heavy atom. The number of nitrogens with one attached hydrogen (secondary N) is 1. The first-order valence-corrected chi connectivity index (χ1v) is 13.7. The number of rotatable bonds is 2. The van der Waals surface area contributed by atoms with Crippen molar-refractivity contribution in [3.8, 4) is 0 Å². The Labute approximate surface area is 219 Å². The number of hydrogen-bond donors (Lipinski definition) is 3. The Hall–Kier alpha value is -2.35. The molecule has 0 radical (unpaired) electrons. The van der Waals surface area contributed by atoms with E-state index in [1.54, 1.807) is 25.2 Å². The van der Waals surface area contributed by atoms with E-state index in [1.807, 2.05) is 25.1 Å². The fourth-order valence-corrected chi connectivity index (χ4v) is 5.62. The van der Waals surface area contributed by atoms with Gasteiger partial charge < -0.3 is 16.2 Å². The van der Waals surface area contributed by atoms with Crippen molar-refractivity contribution in [3.63, 3.8) is 0 Å². The first kappa shape index (κ1) is 28.2. The summed E-state index contributed by atoms with van der Waals surface area (Å²) in [5.74, 6) is -0.0352. The zero-order valence-electron chi connectivity index (χ0n) is 22.4. The van der Waals surface area contributed by atoms with E-state index in [9.17, 15) is 14.7 Å². The first-order chi connectivity index (χ1) is 16.9. The average molecular weight is 512 g/mol. The van der Waals surface area contributed by atoms with Crippen molar-refractivity contribution >= 4 is 33.2 Å². The van der Waals surface area contributed by atoms with Crippen LogP contribution in [0.3, 0.4) is 0 Å². The van der Waals surface area contributed by atoms with E-state index in [4.69, 9.17) is 5.73 Å². The lowest BCUT2D eigenvalue weighted by Crippen LogP contribution is -2.45. The standard InChI is InChI=1S/C29H41N3O3S/c1-17-8-7-9-18(2)19(3)20(4)28(35)29(5,6)25(33)15-26(34)31-22(12-10-17)21-11-13-24-23(14-21)32-27(16-30)36-24/h7-8,10-11,13-14,18-20,22,25,33H,9,12,15-16,30H2,1-6H3,(H,31,34)/b8-7+,17-10-/t18-,19-,20+,22-,25-/m0/s1. The molecule has 0 spiro atoms. The lowest BCUT2D eigenvalue weighted by atomic mass is 9.70. The smallest absolute Gasteiger partial charge is 0.223 e. The van der Waals surface area contributed by atoms with E-state index in [0.717, 1.165) is 32.8 Å². The Morgan fingerprint density at radius 2 is 1.92 bits per heavy atom. The van der Waals surface area contributed by atoms with E-state index in [1.165, 1.54) is 0 Å². The molecule has 0 saturated carbocycles. The number of amides is 1. The van der Waals surface area contributed by atoms with Crippen LogP contribution in [0.5, 0.6) is 0 Å². The SMILES string of the molecule is CC1=C/C[C@@H](c2ccc3sc(CN)nc3c2)NC(=O)C[C@H](O)C(C)(C)C(=O)[C@H](C)[C@@H](C)[C@@H](C)C\C=C\1. The Balaban J connectivity index is 1.95. The monoisotopic (exact) mass is 511 g/mol. The molecule has 0 bridgehead atoms. The van der Waals surface area contributed by atoms with Crippen LogP contribution in [0, 0.1) is 23.2 Å². The zero-order valence-corrected chi connectivity index (χ0v) is 23.2. The molecule has 1 aromatic carbocycles. The molecule has 0 unspecified atom stereocenters. The van der Waals surface area contributed by atoms with Crippen molar-refractivity contribution in [3.05, 3.63) is 52.6 Å². The summed E-state index contributed by atoms with van der Waals surface area (Å²) in [5, 5.41) is 15.0. The van der Waals surface area contributed by atoms with Gasteiger partial charge in [0.05, 0.1) is 34.2 Å². The van der Waals surface area contributed by atoms with Gasteiger partial charge in [-0.3, -0.25) is 9.59 Å². The highest BCUT2D eigenvalue weighted by Crippen LogP contribution is 2.34. The van der Waals surface area contributed by atoms with Crippen molar-refractivity contribution in [1.82, 2.24) is 10.3 Å². The maximum Gasteiger partial charge on any atom is 0.223 e. The van der Waals surface area contributed by atoms with Crippen LogP contribution in [-0.2, 0) is 16.1 Å². The predicted octanol–water partition coefficient (Wildman–Crippen LogP) is 5.46. The van der Waals surface area contributed by atoms with Gasteiger partial charge in [0, 0.05) is 12.5 Å². The second-order valence-corrected chi connectivity index (χ2v) is 12.0. The van der Waals surface area contributed by atoms with Crippen LogP contribution in [0.2, 0.25) is 0 Å². The van der Waals surface area contributed by atoms with E-state index in [0.29, 0.717) is 18.9 Å². The minimum Gasteiger partial charge on any atom is -0.392 e. The molecule has 6 nitrogen and oxygen atoms in total. The van der Waals surface area contributed by atoms with Gasteiger partial charge in [-0.1, -0.05) is 64.5 Å². The summed E-state index contributed by atoms with van der Waals surface area (Å²) in [5.41, 5.74) is 7.67. The fourth-order valence-electron chi connectivity index (χ4n) is 4.80. The number of aliphatic hydroxyl groups is 1. The summed E-state index contributed by atoms with van der Waals surface area (Å²) in [7, 11) is 0. The highest BCUT2D eigenvalue weighted by atomic mass is 32.1. The minimum atomic E-state index is -1.08. The molecule has 3 rings (SSSR count). The number of benzene rings is 1. The van der Waals surface area contributed by atoms with Gasteiger partial charge in [-0.05, 0) is 49.3 Å². The number of carbonyl (C=O) groups is 2. The summed E-state index contributed by atoms with van der Waals surface area (Å²) >= 11 is 1.57. The van der Waals surface area contributed by atoms with Gasteiger partial charge in [0.1, 0.15) is 10.8 Å². The van der Waals surface area contributed by atoms with Crippen LogP contribution in [0.1, 0.15) is 77.4 Å². The van der Waals surface area contributed by atoms with Crippen molar-refractivity contribution in [2.24, 2.45) is 28.9 Å². The summed E-state index contributed by atoms with van der Waals surface area (Å²) in [6, 6.07) is 5.74. The van der Waals surface area contributed by atoms with Crippen LogP contribution in [-0.4, -0.2) is 27.9 Å². The third-order valence-electron chi connectivity index (χ3n) is 7.88. The molecular formula is C29H41N3O3S. The molecule has 0 aliphatic carbocycles. The van der Waals surface area contributed by atoms with E-state index < -0.39 is 11.5 Å². The van der Waals surface area contributed by atoms with Crippen molar-refractivity contribution in [1.29, 1.82) is 0 Å². The second-order valence-electron chi connectivity index (χ2n) is 10.9. The molecule has 1 aliphatic rings. The minimum absolute atomic E-state index is 0.00413. The molecule has 196 valence electrons. The number of hydrogen-bond acceptors (Lipinski definition) is 6. The summed E-state index contributed by atoms with van der Waals surface area (Å²) < 4.78 is 1.06. The lowest BCUT2D eigenvalue weighted by molar-refractivity contribution is -0.140. The van der Waals surface area contributed by atoms with Crippen molar-refractivity contribution in [2.45, 2.75) is 79.5 Å². The molecule has 4 N–H and O–H groups in total. The van der Waals surface area contributed by atoms with Gasteiger partial charge >= 0.3 is 0 Å². The number of aromatic nitrogens is 1. The number of aliphatic hydroxyl groups excluding tert-OH is 1. The maximum absolute atomic E-state index is 13.4. The van der Waals surface area contributed by atoms with Gasteiger partial charge in [0.2, 0.25) is 5.91 Å². The number of nitrogens with two attached hydrogens (primary N) is 1. The molecule has 7 heteroatoms. The van der Waals surface area contributed by atoms with E-state index in [-0.39, 0.29) is 36.0 Å². The Bertz CT molecular complexity index is 1150. The molecular weight excluding hydrogens is 470 g/mol. The molecule has 5 atom stereocenters. The Kier molecular flexibility index (Phi) is 9.25. The summed E-state index contributed by atoms with van der Waals surface area (Å²) in [6.45, 7) is 12.2. The van der Waals surface area contributed by atoms with Gasteiger partial charge in [-0.15, -0.1) is 11.3 Å². The van der Waals surface area contributed by atoms with Crippen LogP contribution in [0.25, 0.3) is 10.2 Å². The molecule has 2 heterocycles. The number of Topliss-reactive ketones (excluding diaryl/α,β-unsaturated/α-hetero) is 1. The third-order valence-corrected chi connectivity index (χ3v) is 8.94. The molecule has 1 aliphatic heterocycles. The van der Waals surface area contributed by atoms with E-state index >= 15 is 0 Å². The zero-order chi connectivity index (χ0) is 26.6. The van der Waals surface area contributed by atoms with Crippen LogP contribution >= 0.6 is 11.3 Å². The fraction of sp³-hybridized carbons (Fsp3) is 0.552. The maximum atomic E-state index is 13.4. The van der Waals surface area contributed by atoms with Crippen LogP contribution in [0.15, 0.2) is 42.0 Å². The van der Waals surface area contributed by atoms with Crippen LogP contribution in [0.4, 0.5) is 0 Å². The second kappa shape index (κ2) is 11.8. The van der Waals surface area contributed by atoms with Crippen molar-refractivity contribution in [2.75, 3.05) is 0 Å². The first-order valence-electron chi connectivity index (χ1n) is 12.9.